The molecule has 0 aliphatic rings. The van der Waals surface area contributed by atoms with Crippen LogP contribution in [0.15, 0.2) is 30.6 Å². The third kappa shape index (κ3) is 3.58. The summed E-state index contributed by atoms with van der Waals surface area (Å²) in [6.45, 7) is 4.76. The second kappa shape index (κ2) is 5.89. The zero-order chi connectivity index (χ0) is 13.8. The Bertz CT molecular complexity index is 546. The lowest BCUT2D eigenvalue weighted by atomic mass is 10.0. The molecule has 0 amide bonds. The van der Waals surface area contributed by atoms with Crippen LogP contribution in [0.5, 0.6) is 5.75 Å². The van der Waals surface area contributed by atoms with Crippen LogP contribution in [-0.2, 0) is 13.0 Å². The van der Waals surface area contributed by atoms with E-state index in [9.17, 15) is 0 Å². The average molecular weight is 259 g/mol. The van der Waals surface area contributed by atoms with Crippen molar-refractivity contribution in [3.8, 4) is 5.75 Å². The van der Waals surface area contributed by atoms with Crippen LogP contribution in [0.1, 0.15) is 23.6 Å². The van der Waals surface area contributed by atoms with Crippen molar-refractivity contribution >= 4 is 0 Å². The largest absolute Gasteiger partial charge is 0.496 e. The second-order valence-electron chi connectivity index (χ2n) is 5.04. The summed E-state index contributed by atoms with van der Waals surface area (Å²) in [4.78, 5) is 0. The molecule has 0 saturated carbocycles. The van der Waals surface area contributed by atoms with Gasteiger partial charge in [-0.3, -0.25) is 4.68 Å². The van der Waals surface area contributed by atoms with Crippen LogP contribution in [0, 0.1) is 6.92 Å². The van der Waals surface area contributed by atoms with Crippen molar-refractivity contribution in [2.75, 3.05) is 7.11 Å². The number of hydrogen-bond donors (Lipinski definition) is 1. The van der Waals surface area contributed by atoms with Crippen molar-refractivity contribution in [3.05, 3.63) is 47.3 Å². The first-order chi connectivity index (χ1) is 9.08. The summed E-state index contributed by atoms with van der Waals surface area (Å²) in [6.07, 6.45) is 4.76. The number of hydrogen-bond acceptors (Lipinski definition) is 3. The van der Waals surface area contributed by atoms with Gasteiger partial charge in [-0.1, -0.05) is 12.1 Å². The van der Waals surface area contributed by atoms with Gasteiger partial charge in [0.2, 0.25) is 0 Å². The first-order valence-corrected chi connectivity index (χ1v) is 6.49. The lowest BCUT2D eigenvalue weighted by molar-refractivity contribution is 0.407. The Labute approximate surface area is 114 Å². The fourth-order valence-electron chi connectivity index (χ4n) is 2.18. The highest BCUT2D eigenvalue weighted by Gasteiger charge is 2.07. The Kier molecular flexibility index (Phi) is 4.22. The Morgan fingerprint density at radius 1 is 1.42 bits per heavy atom. The molecule has 19 heavy (non-hydrogen) atoms. The molecule has 0 radical (unpaired) electrons. The van der Waals surface area contributed by atoms with E-state index in [0.29, 0.717) is 6.54 Å². The number of ether oxygens (including phenoxy) is 1. The van der Waals surface area contributed by atoms with Crippen LogP contribution in [0.4, 0.5) is 0 Å². The fourth-order valence-corrected chi connectivity index (χ4v) is 2.18. The molecule has 2 N–H and O–H groups in total. The molecule has 0 aliphatic heterocycles. The predicted octanol–water partition coefficient (Wildman–Crippen LogP) is 2.14. The van der Waals surface area contributed by atoms with Gasteiger partial charge in [-0.2, -0.15) is 5.10 Å². The minimum atomic E-state index is 0.160. The number of benzene rings is 1. The molecule has 4 nitrogen and oxygen atoms in total. The van der Waals surface area contributed by atoms with Crippen LogP contribution in [0.2, 0.25) is 0 Å². The number of rotatable bonds is 5. The van der Waals surface area contributed by atoms with Crippen molar-refractivity contribution in [3.63, 3.8) is 0 Å². The number of methoxy groups -OCH3 is 1. The third-order valence-electron chi connectivity index (χ3n) is 3.00. The highest BCUT2D eigenvalue weighted by Crippen LogP contribution is 2.21. The molecule has 0 saturated heterocycles. The van der Waals surface area contributed by atoms with Gasteiger partial charge < -0.3 is 10.5 Å². The van der Waals surface area contributed by atoms with E-state index in [1.165, 1.54) is 5.56 Å². The summed E-state index contributed by atoms with van der Waals surface area (Å²) in [7, 11) is 1.69. The maximum absolute atomic E-state index is 5.85. The summed E-state index contributed by atoms with van der Waals surface area (Å²) >= 11 is 0. The van der Waals surface area contributed by atoms with Crippen molar-refractivity contribution in [2.24, 2.45) is 5.73 Å². The van der Waals surface area contributed by atoms with E-state index in [2.05, 4.69) is 17.2 Å². The number of aryl methyl sites for hydroxylation is 1. The Morgan fingerprint density at radius 3 is 2.79 bits per heavy atom. The summed E-state index contributed by atoms with van der Waals surface area (Å²) in [5.41, 5.74) is 9.37. The number of nitrogens with zero attached hydrogens (tertiary/aromatic N) is 2. The van der Waals surface area contributed by atoms with Gasteiger partial charge in [0.05, 0.1) is 19.9 Å². The van der Waals surface area contributed by atoms with Gasteiger partial charge in [0.25, 0.3) is 0 Å². The molecule has 1 atom stereocenters. The quantitative estimate of drug-likeness (QED) is 0.895. The second-order valence-corrected chi connectivity index (χ2v) is 5.04. The van der Waals surface area contributed by atoms with E-state index in [4.69, 9.17) is 10.5 Å². The molecule has 0 spiro atoms. The minimum Gasteiger partial charge on any atom is -0.496 e. The van der Waals surface area contributed by atoms with Crippen LogP contribution in [0.25, 0.3) is 0 Å². The summed E-state index contributed by atoms with van der Waals surface area (Å²) in [5, 5.41) is 4.31. The molecule has 4 heteroatoms. The van der Waals surface area contributed by atoms with Gasteiger partial charge in [0, 0.05) is 17.8 Å². The molecular weight excluding hydrogens is 238 g/mol. The van der Waals surface area contributed by atoms with E-state index >= 15 is 0 Å². The predicted molar refractivity (Wildman–Crippen MR) is 76.4 cm³/mol. The van der Waals surface area contributed by atoms with Crippen LogP contribution in [0.3, 0.4) is 0 Å². The minimum absolute atomic E-state index is 0.160. The third-order valence-corrected chi connectivity index (χ3v) is 3.00. The van der Waals surface area contributed by atoms with Crippen molar-refractivity contribution in [1.82, 2.24) is 9.78 Å². The molecule has 1 unspecified atom stereocenters. The Morgan fingerprint density at radius 2 is 2.21 bits per heavy atom. The highest BCUT2D eigenvalue weighted by molar-refractivity contribution is 5.37. The first-order valence-electron chi connectivity index (χ1n) is 6.49. The van der Waals surface area contributed by atoms with E-state index in [1.54, 1.807) is 7.11 Å². The van der Waals surface area contributed by atoms with E-state index in [0.717, 1.165) is 23.3 Å². The molecule has 1 heterocycles. The molecule has 0 bridgehead atoms. The van der Waals surface area contributed by atoms with Gasteiger partial charge in [-0.05, 0) is 37.5 Å². The fraction of sp³-hybridized carbons (Fsp3) is 0.400. The number of aromatic nitrogens is 2. The average Bonchev–Trinajstić information content (AvgIpc) is 2.74. The van der Waals surface area contributed by atoms with E-state index in [-0.39, 0.29) is 6.04 Å². The van der Waals surface area contributed by atoms with Crippen LogP contribution >= 0.6 is 0 Å². The summed E-state index contributed by atoms with van der Waals surface area (Å²) < 4.78 is 7.33. The SMILES string of the molecule is COc1ccc(CC(C)N)cc1Cn1cc(C)cn1. The van der Waals surface area contributed by atoms with E-state index < -0.39 is 0 Å². The lowest BCUT2D eigenvalue weighted by Gasteiger charge is -2.12. The monoisotopic (exact) mass is 259 g/mol. The van der Waals surface area contributed by atoms with Gasteiger partial charge in [0.1, 0.15) is 5.75 Å². The standard InChI is InChI=1S/C15H21N3O/c1-11-8-17-18(9-11)10-14-7-13(6-12(2)16)4-5-15(14)19-3/h4-5,7-9,12H,6,10,16H2,1-3H3. The van der Waals surface area contributed by atoms with Gasteiger partial charge >= 0.3 is 0 Å². The van der Waals surface area contributed by atoms with Gasteiger partial charge in [-0.15, -0.1) is 0 Å². The zero-order valence-corrected chi connectivity index (χ0v) is 11.8. The van der Waals surface area contributed by atoms with Crippen molar-refractivity contribution in [1.29, 1.82) is 0 Å². The van der Waals surface area contributed by atoms with Crippen LogP contribution < -0.4 is 10.5 Å². The normalized spacial score (nSPS) is 12.4. The maximum atomic E-state index is 5.85. The Balaban J connectivity index is 2.25. The van der Waals surface area contributed by atoms with Crippen molar-refractivity contribution in [2.45, 2.75) is 32.9 Å². The lowest BCUT2D eigenvalue weighted by Crippen LogP contribution is -2.18. The molecule has 2 rings (SSSR count). The first kappa shape index (κ1) is 13.6. The molecule has 1 aromatic heterocycles. The molecule has 2 aromatic rings. The highest BCUT2D eigenvalue weighted by atomic mass is 16.5. The van der Waals surface area contributed by atoms with Gasteiger partial charge in [-0.25, -0.2) is 0 Å². The number of nitrogens with two attached hydrogens (primary N) is 1. The topological polar surface area (TPSA) is 53.1 Å². The van der Waals surface area contributed by atoms with Gasteiger partial charge in [0.15, 0.2) is 0 Å². The summed E-state index contributed by atoms with van der Waals surface area (Å²) in [5.74, 6) is 0.890. The molecule has 0 aliphatic carbocycles. The van der Waals surface area contributed by atoms with Crippen molar-refractivity contribution < 1.29 is 4.74 Å². The Hall–Kier alpha value is -1.81. The molecule has 0 fully saturated rings. The molecule has 1 aromatic carbocycles. The summed E-state index contributed by atoms with van der Waals surface area (Å²) in [6, 6.07) is 6.39. The maximum Gasteiger partial charge on any atom is 0.123 e. The van der Waals surface area contributed by atoms with E-state index in [1.807, 2.05) is 37.0 Å². The smallest absolute Gasteiger partial charge is 0.123 e. The molecular formula is C15H21N3O. The zero-order valence-electron chi connectivity index (χ0n) is 11.8. The van der Waals surface area contributed by atoms with Crippen LogP contribution in [-0.4, -0.2) is 22.9 Å². The molecule has 102 valence electrons.